The monoisotopic (exact) mass is 436 g/mol. The summed E-state index contributed by atoms with van der Waals surface area (Å²) in [5.74, 6) is 2.35. The third-order valence-electron chi connectivity index (χ3n) is 5.26. The molecule has 0 atom stereocenters. The summed E-state index contributed by atoms with van der Waals surface area (Å²) in [4.78, 5) is 25.9. The zero-order valence-corrected chi connectivity index (χ0v) is 18.3. The number of piperazine rings is 1. The molecule has 1 fully saturated rings. The van der Waals surface area contributed by atoms with Crippen molar-refractivity contribution in [1.29, 1.82) is 0 Å². The Bertz CT molecular complexity index is 1040. The van der Waals surface area contributed by atoms with Gasteiger partial charge in [-0.1, -0.05) is 54.1 Å². The van der Waals surface area contributed by atoms with E-state index in [4.69, 9.17) is 16.3 Å². The van der Waals surface area contributed by atoms with Gasteiger partial charge in [0.25, 0.3) is 0 Å². The number of benzene rings is 2. The van der Waals surface area contributed by atoms with Crippen LogP contribution in [-0.4, -0.2) is 53.6 Å². The molecule has 0 saturated carbocycles. The molecule has 1 aliphatic heterocycles. The molecule has 1 saturated heterocycles. The first-order valence-corrected chi connectivity index (χ1v) is 10.8. The normalized spacial score (nSPS) is 13.9. The summed E-state index contributed by atoms with van der Waals surface area (Å²) in [6.07, 6.45) is 0.329. The molecule has 0 unspecified atom stereocenters. The van der Waals surface area contributed by atoms with Gasteiger partial charge in [0, 0.05) is 37.8 Å². The first-order valence-electron chi connectivity index (χ1n) is 10.4. The van der Waals surface area contributed by atoms with Gasteiger partial charge in [0.2, 0.25) is 5.91 Å². The Hall–Kier alpha value is -3.12. The molecule has 0 spiro atoms. The molecule has 0 radical (unpaired) electrons. The average Bonchev–Trinajstić information content (AvgIpc) is 2.80. The molecule has 1 aliphatic rings. The number of carbonyl (C=O) groups is 1. The standard InChI is InChI=1S/C24H25ClN4O2/c1-18-26-21(19-7-3-2-4-8-19)17-23(27-18)28-12-14-29(15-13-28)24(30)11-16-31-22-10-6-5-9-20(22)25/h2-10,17H,11-16H2,1H3. The number of ether oxygens (including phenoxy) is 1. The summed E-state index contributed by atoms with van der Waals surface area (Å²) in [7, 11) is 0. The van der Waals surface area contributed by atoms with Crippen LogP contribution in [0.15, 0.2) is 60.7 Å². The van der Waals surface area contributed by atoms with Gasteiger partial charge >= 0.3 is 0 Å². The lowest BCUT2D eigenvalue weighted by atomic mass is 10.1. The lowest BCUT2D eigenvalue weighted by Gasteiger charge is -2.35. The first-order chi connectivity index (χ1) is 15.1. The zero-order chi connectivity index (χ0) is 21.6. The van der Waals surface area contributed by atoms with E-state index in [-0.39, 0.29) is 5.91 Å². The van der Waals surface area contributed by atoms with Crippen molar-refractivity contribution >= 4 is 23.3 Å². The molecule has 160 valence electrons. The number of para-hydroxylation sites is 1. The van der Waals surface area contributed by atoms with Crippen LogP contribution >= 0.6 is 11.6 Å². The van der Waals surface area contributed by atoms with Crippen LogP contribution in [0.5, 0.6) is 5.75 Å². The van der Waals surface area contributed by atoms with Gasteiger partial charge in [-0.05, 0) is 19.1 Å². The van der Waals surface area contributed by atoms with E-state index in [1.807, 2.05) is 60.4 Å². The number of amides is 1. The molecule has 6 nitrogen and oxygen atoms in total. The van der Waals surface area contributed by atoms with Gasteiger partial charge in [-0.25, -0.2) is 9.97 Å². The summed E-state index contributed by atoms with van der Waals surface area (Å²) >= 11 is 6.09. The van der Waals surface area contributed by atoms with Crippen molar-refractivity contribution in [2.75, 3.05) is 37.7 Å². The Morgan fingerprint density at radius 2 is 1.71 bits per heavy atom. The predicted molar refractivity (Wildman–Crippen MR) is 123 cm³/mol. The summed E-state index contributed by atoms with van der Waals surface area (Å²) in [6.45, 7) is 5.02. The van der Waals surface area contributed by atoms with Gasteiger partial charge in [-0.15, -0.1) is 0 Å². The lowest BCUT2D eigenvalue weighted by Crippen LogP contribution is -2.49. The largest absolute Gasteiger partial charge is 0.491 e. The number of rotatable bonds is 6. The number of nitrogens with zero attached hydrogens (tertiary/aromatic N) is 4. The Morgan fingerprint density at radius 1 is 1.00 bits per heavy atom. The number of hydrogen-bond donors (Lipinski definition) is 0. The van der Waals surface area contributed by atoms with Crippen LogP contribution in [0.3, 0.4) is 0 Å². The van der Waals surface area contributed by atoms with E-state index in [2.05, 4.69) is 14.9 Å². The molecule has 0 N–H and O–H groups in total. The molecule has 1 amide bonds. The van der Waals surface area contributed by atoms with Crippen molar-refractivity contribution in [2.24, 2.45) is 0 Å². The Labute approximate surface area is 187 Å². The van der Waals surface area contributed by atoms with Crippen molar-refractivity contribution < 1.29 is 9.53 Å². The van der Waals surface area contributed by atoms with E-state index in [0.29, 0.717) is 36.9 Å². The minimum Gasteiger partial charge on any atom is -0.491 e. The van der Waals surface area contributed by atoms with Gasteiger partial charge in [0.05, 0.1) is 23.7 Å². The van der Waals surface area contributed by atoms with Gasteiger partial charge in [0.1, 0.15) is 17.4 Å². The summed E-state index contributed by atoms with van der Waals surface area (Å²) in [6, 6.07) is 19.4. The molecular formula is C24H25ClN4O2. The fourth-order valence-corrected chi connectivity index (χ4v) is 3.81. The van der Waals surface area contributed by atoms with Crippen LogP contribution in [0.2, 0.25) is 5.02 Å². The van der Waals surface area contributed by atoms with E-state index in [0.717, 1.165) is 36.0 Å². The molecule has 7 heteroatoms. The van der Waals surface area contributed by atoms with E-state index >= 15 is 0 Å². The van der Waals surface area contributed by atoms with Crippen molar-refractivity contribution in [3.8, 4) is 17.0 Å². The SMILES string of the molecule is Cc1nc(-c2ccccc2)cc(N2CCN(C(=O)CCOc3ccccc3Cl)CC2)n1. The van der Waals surface area contributed by atoms with Crippen LogP contribution in [0.1, 0.15) is 12.2 Å². The Balaban J connectivity index is 1.32. The highest BCUT2D eigenvalue weighted by atomic mass is 35.5. The smallest absolute Gasteiger partial charge is 0.226 e. The van der Waals surface area contributed by atoms with Gasteiger partial charge < -0.3 is 14.5 Å². The van der Waals surface area contributed by atoms with Gasteiger partial charge in [-0.3, -0.25) is 4.79 Å². The maximum absolute atomic E-state index is 12.6. The summed E-state index contributed by atoms with van der Waals surface area (Å²) in [5.41, 5.74) is 1.99. The first kappa shape index (κ1) is 21.1. The molecule has 31 heavy (non-hydrogen) atoms. The number of aryl methyl sites for hydroxylation is 1. The van der Waals surface area contributed by atoms with E-state index in [1.54, 1.807) is 12.1 Å². The summed E-state index contributed by atoms with van der Waals surface area (Å²) < 4.78 is 5.65. The van der Waals surface area contributed by atoms with Crippen molar-refractivity contribution in [2.45, 2.75) is 13.3 Å². The lowest BCUT2D eigenvalue weighted by molar-refractivity contribution is -0.132. The number of halogens is 1. The fourth-order valence-electron chi connectivity index (χ4n) is 3.62. The third-order valence-corrected chi connectivity index (χ3v) is 5.57. The van der Waals surface area contributed by atoms with Crippen molar-refractivity contribution in [1.82, 2.24) is 14.9 Å². The maximum Gasteiger partial charge on any atom is 0.226 e. The molecule has 3 aromatic rings. The highest BCUT2D eigenvalue weighted by Gasteiger charge is 2.22. The van der Waals surface area contributed by atoms with Crippen LogP contribution in [-0.2, 0) is 4.79 Å². The average molecular weight is 437 g/mol. The minimum atomic E-state index is 0.0931. The molecule has 4 rings (SSSR count). The molecule has 0 bridgehead atoms. The quantitative estimate of drug-likeness (QED) is 0.579. The topological polar surface area (TPSA) is 58.6 Å². The van der Waals surface area contributed by atoms with Crippen LogP contribution < -0.4 is 9.64 Å². The zero-order valence-electron chi connectivity index (χ0n) is 17.5. The maximum atomic E-state index is 12.6. The van der Waals surface area contributed by atoms with Gasteiger partial charge in [0.15, 0.2) is 0 Å². The molecule has 2 heterocycles. The Kier molecular flexibility index (Phi) is 6.67. The highest BCUT2D eigenvalue weighted by molar-refractivity contribution is 6.32. The third kappa shape index (κ3) is 5.33. The number of anilines is 1. The molecule has 1 aromatic heterocycles. The minimum absolute atomic E-state index is 0.0931. The van der Waals surface area contributed by atoms with Crippen LogP contribution in [0.4, 0.5) is 5.82 Å². The fraction of sp³-hybridized carbons (Fsp3) is 0.292. The molecule has 0 aliphatic carbocycles. The second kappa shape index (κ2) is 9.79. The highest BCUT2D eigenvalue weighted by Crippen LogP contribution is 2.24. The van der Waals surface area contributed by atoms with Crippen molar-refractivity contribution in [3.63, 3.8) is 0 Å². The van der Waals surface area contributed by atoms with E-state index < -0.39 is 0 Å². The number of aromatic nitrogens is 2. The number of carbonyl (C=O) groups excluding carboxylic acids is 1. The van der Waals surface area contributed by atoms with Crippen LogP contribution in [0.25, 0.3) is 11.3 Å². The van der Waals surface area contributed by atoms with Gasteiger partial charge in [-0.2, -0.15) is 0 Å². The van der Waals surface area contributed by atoms with Crippen LogP contribution in [0, 0.1) is 6.92 Å². The Morgan fingerprint density at radius 3 is 2.45 bits per heavy atom. The predicted octanol–water partition coefficient (Wildman–Crippen LogP) is 4.22. The molecular weight excluding hydrogens is 412 g/mol. The second-order valence-corrected chi connectivity index (χ2v) is 7.83. The van der Waals surface area contributed by atoms with E-state index in [1.165, 1.54) is 0 Å². The molecule has 2 aromatic carbocycles. The number of hydrogen-bond acceptors (Lipinski definition) is 5. The second-order valence-electron chi connectivity index (χ2n) is 7.42. The van der Waals surface area contributed by atoms with E-state index in [9.17, 15) is 4.79 Å². The van der Waals surface area contributed by atoms with Crippen molar-refractivity contribution in [3.05, 3.63) is 71.5 Å². The summed E-state index contributed by atoms with van der Waals surface area (Å²) in [5, 5.41) is 0.554.